The number of amides is 1. The van der Waals surface area contributed by atoms with E-state index in [-0.39, 0.29) is 11.9 Å². The average Bonchev–Trinajstić information content (AvgIpc) is 3.41. The van der Waals surface area contributed by atoms with Gasteiger partial charge in [0, 0.05) is 62.0 Å². The van der Waals surface area contributed by atoms with Crippen LogP contribution in [0.5, 0.6) is 11.5 Å². The van der Waals surface area contributed by atoms with Crippen molar-refractivity contribution in [3.8, 4) is 22.6 Å². The molecule has 1 N–H and O–H groups in total. The van der Waals surface area contributed by atoms with Crippen molar-refractivity contribution in [1.29, 1.82) is 0 Å². The predicted octanol–water partition coefficient (Wildman–Crippen LogP) is 3.44. The predicted molar refractivity (Wildman–Crippen MR) is 146 cm³/mol. The first-order valence-electron chi connectivity index (χ1n) is 12.2. The number of hydrogen-bond acceptors (Lipinski definition) is 9. The molecular formula is C26H29ClN8O3. The number of nitrogens with one attached hydrogen (secondary N) is 1. The number of benzene rings is 1. The molecule has 4 aromatic rings. The lowest BCUT2D eigenvalue weighted by molar-refractivity contribution is -0.128. The van der Waals surface area contributed by atoms with Crippen molar-refractivity contribution in [2.45, 2.75) is 13.0 Å². The lowest BCUT2D eigenvalue weighted by atomic mass is 10.0. The summed E-state index contributed by atoms with van der Waals surface area (Å²) in [6.45, 7) is 8.31. The molecule has 1 unspecified atom stereocenters. The number of fused-ring (bicyclic) bond motifs is 3. The summed E-state index contributed by atoms with van der Waals surface area (Å²) in [5.74, 6) is 2.24. The van der Waals surface area contributed by atoms with E-state index in [1.54, 1.807) is 38.4 Å². The van der Waals surface area contributed by atoms with Crippen LogP contribution in [0.3, 0.4) is 0 Å². The van der Waals surface area contributed by atoms with E-state index in [4.69, 9.17) is 26.1 Å². The van der Waals surface area contributed by atoms with Gasteiger partial charge in [-0.3, -0.25) is 14.1 Å². The number of rotatable bonds is 7. The summed E-state index contributed by atoms with van der Waals surface area (Å²) in [5.41, 5.74) is 2.70. The van der Waals surface area contributed by atoms with Gasteiger partial charge in [-0.15, -0.1) is 10.2 Å². The molecule has 4 heterocycles. The minimum atomic E-state index is -0.104. The van der Waals surface area contributed by atoms with Gasteiger partial charge >= 0.3 is 0 Å². The molecule has 1 atom stereocenters. The molecule has 0 saturated carbocycles. The standard InChI is InChI=1S/C26H29ClN8O3/c1-6-21(36)34-9-7-33(8-10-34)15(2)23-31-32-25-19(18-12-17(37-4)13-20(38-5)22(18)27)11-16-14-29-26(28-3)30-24(16)35(23)25/h6,11-15H,1,7-10H2,2-5H3,(H,28,29,30). The second-order valence-electron chi connectivity index (χ2n) is 8.93. The zero-order valence-corrected chi connectivity index (χ0v) is 22.5. The molecular weight excluding hydrogens is 508 g/mol. The third-order valence-corrected chi connectivity index (χ3v) is 7.33. The molecule has 1 aliphatic rings. The van der Waals surface area contributed by atoms with E-state index in [1.165, 1.54) is 6.08 Å². The molecule has 0 spiro atoms. The molecule has 12 heteroatoms. The van der Waals surface area contributed by atoms with Gasteiger partial charge in [0.05, 0.1) is 25.3 Å². The quantitative estimate of drug-likeness (QED) is 0.355. The van der Waals surface area contributed by atoms with Crippen LogP contribution in [0.4, 0.5) is 5.95 Å². The van der Waals surface area contributed by atoms with E-state index in [0.717, 1.165) is 16.8 Å². The number of carbonyl (C=O) groups is 1. The molecule has 38 heavy (non-hydrogen) atoms. The molecule has 5 rings (SSSR count). The Morgan fingerprint density at radius 2 is 1.87 bits per heavy atom. The van der Waals surface area contributed by atoms with Gasteiger partial charge in [-0.2, -0.15) is 4.98 Å². The first-order valence-corrected chi connectivity index (χ1v) is 12.6. The average molecular weight is 537 g/mol. The van der Waals surface area contributed by atoms with E-state index < -0.39 is 0 Å². The number of aromatic nitrogens is 5. The summed E-state index contributed by atoms with van der Waals surface area (Å²) in [6.07, 6.45) is 3.12. The SMILES string of the molecule is C=CC(=O)N1CCN(C(C)c2nnc3c(-c4cc(OC)cc(OC)c4Cl)cc4cnc(NC)nc4n23)CC1. The molecule has 1 amide bonds. The van der Waals surface area contributed by atoms with E-state index in [0.29, 0.717) is 65.5 Å². The normalized spacial score (nSPS) is 15.0. The Bertz CT molecular complexity index is 1530. The molecule has 1 saturated heterocycles. The fourth-order valence-electron chi connectivity index (χ4n) is 4.81. The number of anilines is 1. The Balaban J connectivity index is 1.68. The number of hydrogen-bond donors (Lipinski definition) is 1. The molecule has 1 aromatic carbocycles. The van der Waals surface area contributed by atoms with Crippen LogP contribution in [0.2, 0.25) is 5.02 Å². The summed E-state index contributed by atoms with van der Waals surface area (Å²) >= 11 is 6.79. The first kappa shape index (κ1) is 25.7. The van der Waals surface area contributed by atoms with Crippen molar-refractivity contribution in [2.24, 2.45) is 0 Å². The summed E-state index contributed by atoms with van der Waals surface area (Å²) < 4.78 is 13.0. The van der Waals surface area contributed by atoms with Crippen LogP contribution in [-0.2, 0) is 4.79 Å². The molecule has 198 valence electrons. The van der Waals surface area contributed by atoms with Crippen molar-refractivity contribution in [3.63, 3.8) is 0 Å². The summed E-state index contributed by atoms with van der Waals surface area (Å²) in [4.78, 5) is 25.3. The smallest absolute Gasteiger partial charge is 0.246 e. The van der Waals surface area contributed by atoms with Gasteiger partial charge in [0.1, 0.15) is 11.5 Å². The molecule has 1 aliphatic heterocycles. The lowest BCUT2D eigenvalue weighted by Crippen LogP contribution is -2.49. The highest BCUT2D eigenvalue weighted by atomic mass is 35.5. The van der Waals surface area contributed by atoms with Crippen LogP contribution in [-0.4, -0.2) is 87.7 Å². The number of carbonyl (C=O) groups excluding carboxylic acids is 1. The Morgan fingerprint density at radius 3 is 2.53 bits per heavy atom. The van der Waals surface area contributed by atoms with Crippen LogP contribution < -0.4 is 14.8 Å². The Kier molecular flexibility index (Phi) is 7.04. The maximum Gasteiger partial charge on any atom is 0.246 e. The zero-order valence-electron chi connectivity index (χ0n) is 21.7. The van der Waals surface area contributed by atoms with Crippen LogP contribution in [0.1, 0.15) is 18.8 Å². The van der Waals surface area contributed by atoms with E-state index in [9.17, 15) is 4.79 Å². The number of nitrogens with zero attached hydrogens (tertiary/aromatic N) is 7. The third-order valence-electron chi connectivity index (χ3n) is 6.94. The Labute approximate surface area is 225 Å². The van der Waals surface area contributed by atoms with Crippen LogP contribution >= 0.6 is 11.6 Å². The highest BCUT2D eigenvalue weighted by Gasteiger charge is 2.28. The number of halogens is 1. The van der Waals surface area contributed by atoms with Gasteiger partial charge in [-0.1, -0.05) is 18.2 Å². The molecule has 3 aromatic heterocycles. The van der Waals surface area contributed by atoms with Gasteiger partial charge in [0.2, 0.25) is 11.9 Å². The van der Waals surface area contributed by atoms with Crippen molar-refractivity contribution >= 4 is 40.1 Å². The summed E-state index contributed by atoms with van der Waals surface area (Å²) in [5, 5.41) is 13.5. The Morgan fingerprint density at radius 1 is 1.11 bits per heavy atom. The van der Waals surface area contributed by atoms with Crippen molar-refractivity contribution in [1.82, 2.24) is 34.4 Å². The lowest BCUT2D eigenvalue weighted by Gasteiger charge is -2.37. The molecule has 1 fully saturated rings. The van der Waals surface area contributed by atoms with Crippen LogP contribution in [0, 0.1) is 0 Å². The first-order chi connectivity index (χ1) is 18.4. The zero-order chi connectivity index (χ0) is 27.0. The highest BCUT2D eigenvalue weighted by Crippen LogP contribution is 2.41. The second kappa shape index (κ2) is 10.4. The van der Waals surface area contributed by atoms with Gasteiger partial charge in [0.25, 0.3) is 0 Å². The van der Waals surface area contributed by atoms with Crippen LogP contribution in [0.25, 0.3) is 27.8 Å². The van der Waals surface area contributed by atoms with E-state index in [1.807, 2.05) is 16.5 Å². The fraction of sp³-hybridized carbons (Fsp3) is 0.346. The number of pyridine rings is 1. The maximum atomic E-state index is 12.1. The maximum absolute atomic E-state index is 12.1. The van der Waals surface area contributed by atoms with Gasteiger partial charge < -0.3 is 19.7 Å². The van der Waals surface area contributed by atoms with Gasteiger partial charge in [-0.25, -0.2) is 4.98 Å². The number of piperazine rings is 1. The minimum absolute atomic E-state index is 0.0530. The monoisotopic (exact) mass is 536 g/mol. The largest absolute Gasteiger partial charge is 0.497 e. The fourth-order valence-corrected chi connectivity index (χ4v) is 5.10. The van der Waals surface area contributed by atoms with E-state index in [2.05, 4.69) is 38.9 Å². The van der Waals surface area contributed by atoms with Crippen molar-refractivity contribution in [3.05, 3.63) is 47.9 Å². The van der Waals surface area contributed by atoms with Crippen molar-refractivity contribution < 1.29 is 14.3 Å². The topological polar surface area (TPSA) is 110 Å². The van der Waals surface area contributed by atoms with Crippen LogP contribution in [0.15, 0.2) is 37.1 Å². The minimum Gasteiger partial charge on any atom is -0.497 e. The Hall–Kier alpha value is -3.96. The summed E-state index contributed by atoms with van der Waals surface area (Å²) in [6, 6.07) is 5.43. The third kappa shape index (κ3) is 4.37. The number of methoxy groups -OCH3 is 2. The molecule has 11 nitrogen and oxygen atoms in total. The van der Waals surface area contributed by atoms with Gasteiger partial charge in [-0.05, 0) is 25.1 Å². The van der Waals surface area contributed by atoms with Gasteiger partial charge in [0.15, 0.2) is 17.1 Å². The van der Waals surface area contributed by atoms with Crippen molar-refractivity contribution in [2.75, 3.05) is 52.8 Å². The molecule has 0 bridgehead atoms. The molecule has 0 radical (unpaired) electrons. The van der Waals surface area contributed by atoms with E-state index >= 15 is 0 Å². The number of ether oxygens (including phenoxy) is 2. The molecule has 0 aliphatic carbocycles. The highest BCUT2D eigenvalue weighted by molar-refractivity contribution is 6.35. The summed E-state index contributed by atoms with van der Waals surface area (Å²) in [7, 11) is 4.93. The second-order valence-corrected chi connectivity index (χ2v) is 9.31.